The Balaban J connectivity index is 2.04. The zero-order valence-corrected chi connectivity index (χ0v) is 13.5. The van der Waals surface area contributed by atoms with Gasteiger partial charge in [-0.3, -0.25) is 4.90 Å². The van der Waals surface area contributed by atoms with Crippen LogP contribution in [0.5, 0.6) is 0 Å². The molecule has 0 aliphatic carbocycles. The van der Waals surface area contributed by atoms with Crippen LogP contribution in [0.1, 0.15) is 12.8 Å². The molecule has 2 rings (SSSR count). The first-order valence-corrected chi connectivity index (χ1v) is 8.72. The summed E-state index contributed by atoms with van der Waals surface area (Å²) in [6.07, 6.45) is 1.35. The van der Waals surface area contributed by atoms with Crippen LogP contribution in [0.2, 0.25) is 10.0 Å². The number of nitriles is 1. The molecule has 0 amide bonds. The molecule has 114 valence electrons. The topological polar surface area (TPSA) is 73.2 Å². The third-order valence-corrected chi connectivity index (χ3v) is 5.29. The second kappa shape index (κ2) is 6.95. The standard InChI is InChI=1S/C13H15Cl2N3O2S/c14-10-7-11(15)9-13(8-10)21(19,20)17-12-1-4-18(5-2-12)6-3-16/h7-9,12,17H,1-2,4-6H2. The number of benzene rings is 1. The maximum Gasteiger partial charge on any atom is 0.240 e. The molecule has 1 aliphatic rings. The summed E-state index contributed by atoms with van der Waals surface area (Å²) in [4.78, 5) is 2.07. The van der Waals surface area contributed by atoms with Gasteiger partial charge in [0, 0.05) is 29.2 Å². The van der Waals surface area contributed by atoms with Crippen molar-refractivity contribution in [2.75, 3.05) is 19.6 Å². The summed E-state index contributed by atoms with van der Waals surface area (Å²) in [7, 11) is -3.64. The fraction of sp³-hybridized carbons (Fsp3) is 0.462. The summed E-state index contributed by atoms with van der Waals surface area (Å²) in [6, 6.07) is 6.20. The van der Waals surface area contributed by atoms with E-state index in [0.717, 1.165) is 0 Å². The maximum atomic E-state index is 12.3. The first-order valence-electron chi connectivity index (χ1n) is 6.48. The highest BCUT2D eigenvalue weighted by molar-refractivity contribution is 7.89. The van der Waals surface area contributed by atoms with Gasteiger partial charge in [-0.25, -0.2) is 13.1 Å². The van der Waals surface area contributed by atoms with E-state index in [-0.39, 0.29) is 21.0 Å². The maximum absolute atomic E-state index is 12.3. The van der Waals surface area contributed by atoms with Crippen molar-refractivity contribution in [1.82, 2.24) is 9.62 Å². The summed E-state index contributed by atoms with van der Waals surface area (Å²) < 4.78 is 27.3. The molecule has 1 fully saturated rings. The highest BCUT2D eigenvalue weighted by atomic mass is 35.5. The number of rotatable bonds is 4. The smallest absolute Gasteiger partial charge is 0.240 e. The van der Waals surface area contributed by atoms with Crippen molar-refractivity contribution in [2.45, 2.75) is 23.8 Å². The van der Waals surface area contributed by atoms with Gasteiger partial charge in [0.2, 0.25) is 10.0 Å². The number of likely N-dealkylation sites (tertiary alicyclic amines) is 1. The highest BCUT2D eigenvalue weighted by Gasteiger charge is 2.24. The van der Waals surface area contributed by atoms with E-state index in [9.17, 15) is 8.42 Å². The van der Waals surface area contributed by atoms with Gasteiger partial charge in [0.15, 0.2) is 0 Å². The molecule has 0 radical (unpaired) electrons. The SMILES string of the molecule is N#CCN1CCC(NS(=O)(=O)c2cc(Cl)cc(Cl)c2)CC1. The quantitative estimate of drug-likeness (QED) is 0.847. The molecule has 1 aromatic carbocycles. The number of piperidine rings is 1. The molecular weight excluding hydrogens is 333 g/mol. The lowest BCUT2D eigenvalue weighted by Crippen LogP contribution is -2.44. The Labute approximate surface area is 134 Å². The molecule has 1 aromatic rings. The van der Waals surface area contributed by atoms with Crippen LogP contribution in [0.4, 0.5) is 0 Å². The van der Waals surface area contributed by atoms with Crippen LogP contribution in [0, 0.1) is 11.3 Å². The van der Waals surface area contributed by atoms with E-state index in [1.165, 1.54) is 18.2 Å². The van der Waals surface area contributed by atoms with Crippen molar-refractivity contribution in [1.29, 1.82) is 5.26 Å². The van der Waals surface area contributed by atoms with Crippen LogP contribution in [-0.4, -0.2) is 39.0 Å². The van der Waals surface area contributed by atoms with Gasteiger partial charge in [0.05, 0.1) is 17.5 Å². The average molecular weight is 348 g/mol. The highest BCUT2D eigenvalue weighted by Crippen LogP contribution is 2.23. The number of hydrogen-bond donors (Lipinski definition) is 1. The Bertz CT molecular complexity index is 630. The molecule has 21 heavy (non-hydrogen) atoms. The van der Waals surface area contributed by atoms with E-state index in [1.54, 1.807) is 0 Å². The molecule has 0 aromatic heterocycles. The third kappa shape index (κ3) is 4.56. The monoisotopic (exact) mass is 347 g/mol. The largest absolute Gasteiger partial charge is 0.290 e. The van der Waals surface area contributed by atoms with Crippen molar-refractivity contribution in [3.63, 3.8) is 0 Å². The fourth-order valence-electron chi connectivity index (χ4n) is 2.28. The van der Waals surface area contributed by atoms with Gasteiger partial charge < -0.3 is 0 Å². The summed E-state index contributed by atoms with van der Waals surface area (Å²) >= 11 is 11.7. The molecule has 0 bridgehead atoms. The second-order valence-corrected chi connectivity index (χ2v) is 7.52. The zero-order valence-electron chi connectivity index (χ0n) is 11.2. The molecule has 5 nitrogen and oxygen atoms in total. The Hall–Kier alpha value is -0.840. The van der Waals surface area contributed by atoms with E-state index in [2.05, 4.69) is 10.8 Å². The van der Waals surface area contributed by atoms with E-state index in [1.807, 2.05) is 4.90 Å². The molecule has 0 unspecified atom stereocenters. The summed E-state index contributed by atoms with van der Waals surface area (Å²) in [5.41, 5.74) is 0. The number of nitrogens with zero attached hydrogens (tertiary/aromatic N) is 2. The lowest BCUT2D eigenvalue weighted by atomic mass is 10.1. The lowest BCUT2D eigenvalue weighted by molar-refractivity contribution is 0.229. The minimum absolute atomic E-state index is 0.0689. The first kappa shape index (κ1) is 16.5. The molecule has 0 saturated carbocycles. The molecular formula is C13H15Cl2N3O2S. The van der Waals surface area contributed by atoms with E-state index >= 15 is 0 Å². The van der Waals surface area contributed by atoms with E-state index in [4.69, 9.17) is 28.5 Å². The van der Waals surface area contributed by atoms with Crippen molar-refractivity contribution < 1.29 is 8.42 Å². The Morgan fingerprint density at radius 2 is 1.81 bits per heavy atom. The van der Waals surface area contributed by atoms with Gasteiger partial charge in [0.25, 0.3) is 0 Å². The number of halogens is 2. The number of nitrogens with one attached hydrogen (secondary N) is 1. The predicted molar refractivity (Wildman–Crippen MR) is 81.9 cm³/mol. The fourth-order valence-corrected chi connectivity index (χ4v) is 4.31. The molecule has 1 N–H and O–H groups in total. The van der Waals surface area contributed by atoms with Crippen molar-refractivity contribution in [3.05, 3.63) is 28.2 Å². The molecule has 1 heterocycles. The van der Waals surface area contributed by atoms with Gasteiger partial charge >= 0.3 is 0 Å². The van der Waals surface area contributed by atoms with Crippen LogP contribution in [0.15, 0.2) is 23.1 Å². The lowest BCUT2D eigenvalue weighted by Gasteiger charge is -2.30. The summed E-state index contributed by atoms with van der Waals surface area (Å²) in [5.74, 6) is 0. The van der Waals surface area contributed by atoms with Crippen molar-refractivity contribution in [2.24, 2.45) is 0 Å². The number of sulfonamides is 1. The van der Waals surface area contributed by atoms with Crippen LogP contribution < -0.4 is 4.72 Å². The molecule has 0 spiro atoms. The summed E-state index contributed by atoms with van der Waals surface area (Å²) in [6.45, 7) is 1.79. The van der Waals surface area contributed by atoms with Crippen molar-refractivity contribution >= 4 is 33.2 Å². The average Bonchev–Trinajstić information content (AvgIpc) is 2.40. The second-order valence-electron chi connectivity index (χ2n) is 4.93. The molecule has 1 aliphatic heterocycles. The van der Waals surface area contributed by atoms with Crippen molar-refractivity contribution in [3.8, 4) is 6.07 Å². The number of hydrogen-bond acceptors (Lipinski definition) is 4. The molecule has 8 heteroatoms. The van der Waals surface area contributed by atoms with Gasteiger partial charge in [-0.05, 0) is 31.0 Å². The van der Waals surface area contributed by atoms with Gasteiger partial charge in [-0.2, -0.15) is 5.26 Å². The van der Waals surface area contributed by atoms with E-state index < -0.39 is 10.0 Å². The Morgan fingerprint density at radius 3 is 2.33 bits per heavy atom. The Kier molecular flexibility index (Phi) is 5.47. The molecule has 1 saturated heterocycles. The third-order valence-electron chi connectivity index (χ3n) is 3.35. The predicted octanol–water partition coefficient (Wildman–Crippen LogP) is 2.26. The molecule has 0 atom stereocenters. The van der Waals surface area contributed by atoms with Gasteiger partial charge in [-0.15, -0.1) is 0 Å². The van der Waals surface area contributed by atoms with Crippen LogP contribution in [0.3, 0.4) is 0 Å². The van der Waals surface area contributed by atoms with Gasteiger partial charge in [-0.1, -0.05) is 23.2 Å². The normalized spacial score (nSPS) is 17.6. The van der Waals surface area contributed by atoms with Crippen LogP contribution in [-0.2, 0) is 10.0 Å². The minimum Gasteiger partial charge on any atom is -0.290 e. The van der Waals surface area contributed by atoms with Crippen LogP contribution >= 0.6 is 23.2 Å². The Morgan fingerprint density at radius 1 is 1.24 bits per heavy atom. The van der Waals surface area contributed by atoms with E-state index in [0.29, 0.717) is 32.5 Å². The zero-order chi connectivity index (χ0) is 15.5. The minimum atomic E-state index is -3.64. The van der Waals surface area contributed by atoms with Gasteiger partial charge in [0.1, 0.15) is 0 Å². The van der Waals surface area contributed by atoms with Crippen LogP contribution in [0.25, 0.3) is 0 Å². The first-order chi connectivity index (χ1) is 9.90. The summed E-state index contributed by atoms with van der Waals surface area (Å²) in [5, 5.41) is 9.21.